The summed E-state index contributed by atoms with van der Waals surface area (Å²) in [7, 11) is 0. The summed E-state index contributed by atoms with van der Waals surface area (Å²) in [4.78, 5) is 0. The Morgan fingerprint density at radius 2 is 1.88 bits per heavy atom. The fourth-order valence-electron chi connectivity index (χ4n) is 1.51. The largest absolute Gasteiger partial charge is 0.457 e. The molecule has 0 aliphatic rings. The Labute approximate surface area is 104 Å². The lowest BCUT2D eigenvalue weighted by atomic mass is 10.2. The number of aryl methyl sites for hydroxylation is 1. The Morgan fingerprint density at radius 3 is 2.53 bits per heavy atom. The van der Waals surface area contributed by atoms with E-state index in [2.05, 4.69) is 0 Å². The molecule has 0 saturated heterocycles. The highest BCUT2D eigenvalue weighted by molar-refractivity contribution is 6.30. The third-order valence-corrected chi connectivity index (χ3v) is 2.51. The number of hydrogen-bond donors (Lipinski definition) is 1. The Hall–Kier alpha value is -1.74. The molecule has 4 heteroatoms. The minimum absolute atomic E-state index is 0.0705. The van der Waals surface area contributed by atoms with Crippen molar-refractivity contribution in [3.8, 4) is 11.5 Å². The van der Waals surface area contributed by atoms with Crippen molar-refractivity contribution in [3.63, 3.8) is 0 Å². The number of benzene rings is 2. The molecule has 2 aromatic carbocycles. The summed E-state index contributed by atoms with van der Waals surface area (Å²) in [6.07, 6.45) is 0. The highest BCUT2D eigenvalue weighted by atomic mass is 35.5. The second kappa shape index (κ2) is 4.63. The van der Waals surface area contributed by atoms with E-state index in [1.54, 1.807) is 12.1 Å². The van der Waals surface area contributed by atoms with Gasteiger partial charge in [0.2, 0.25) is 0 Å². The summed E-state index contributed by atoms with van der Waals surface area (Å²) in [6, 6.07) is 9.62. The first kappa shape index (κ1) is 11.7. The third kappa shape index (κ3) is 2.88. The van der Waals surface area contributed by atoms with Crippen LogP contribution in [0.5, 0.6) is 11.5 Å². The van der Waals surface area contributed by atoms with Crippen LogP contribution in [0.1, 0.15) is 5.56 Å². The van der Waals surface area contributed by atoms with Gasteiger partial charge < -0.3 is 10.5 Å². The lowest BCUT2D eigenvalue weighted by molar-refractivity contribution is 0.477. The van der Waals surface area contributed by atoms with Crippen LogP contribution in [0.4, 0.5) is 10.1 Å². The van der Waals surface area contributed by atoms with Crippen molar-refractivity contribution in [2.45, 2.75) is 6.92 Å². The number of nitrogen functional groups attached to an aromatic ring is 1. The molecule has 2 nitrogen and oxygen atoms in total. The predicted molar refractivity (Wildman–Crippen MR) is 67.1 cm³/mol. The molecule has 0 unspecified atom stereocenters. The van der Waals surface area contributed by atoms with E-state index in [9.17, 15) is 4.39 Å². The number of ether oxygens (including phenoxy) is 1. The fraction of sp³-hybridized carbons (Fsp3) is 0.0769. The summed E-state index contributed by atoms with van der Waals surface area (Å²) in [5.74, 6) is 0.450. The highest BCUT2D eigenvalue weighted by Gasteiger charge is 2.04. The van der Waals surface area contributed by atoms with Gasteiger partial charge in [0.1, 0.15) is 17.3 Å². The topological polar surface area (TPSA) is 35.2 Å². The summed E-state index contributed by atoms with van der Waals surface area (Å²) in [6.45, 7) is 1.91. The number of nitrogens with two attached hydrogens (primary N) is 1. The van der Waals surface area contributed by atoms with Crippen LogP contribution in [-0.2, 0) is 0 Å². The van der Waals surface area contributed by atoms with Crippen molar-refractivity contribution < 1.29 is 9.13 Å². The zero-order chi connectivity index (χ0) is 12.4. The Bertz CT molecular complexity index is 537. The van der Waals surface area contributed by atoms with Crippen LogP contribution in [-0.4, -0.2) is 0 Å². The minimum atomic E-state index is -0.509. The molecule has 0 atom stereocenters. The van der Waals surface area contributed by atoms with Gasteiger partial charge in [-0.3, -0.25) is 0 Å². The molecule has 0 fully saturated rings. The van der Waals surface area contributed by atoms with Gasteiger partial charge in [0.15, 0.2) is 0 Å². The summed E-state index contributed by atoms with van der Waals surface area (Å²) in [5, 5.41) is 0.0705. The normalized spacial score (nSPS) is 10.3. The smallest absolute Gasteiger partial charge is 0.145 e. The van der Waals surface area contributed by atoms with Gasteiger partial charge >= 0.3 is 0 Å². The van der Waals surface area contributed by atoms with Gasteiger partial charge in [-0.2, -0.15) is 0 Å². The van der Waals surface area contributed by atoms with Gasteiger partial charge in [0, 0.05) is 17.8 Å². The maximum Gasteiger partial charge on any atom is 0.145 e. The lowest BCUT2D eigenvalue weighted by Gasteiger charge is -2.08. The molecule has 2 N–H and O–H groups in total. The number of hydrogen-bond acceptors (Lipinski definition) is 2. The van der Waals surface area contributed by atoms with Crippen LogP contribution >= 0.6 is 11.6 Å². The van der Waals surface area contributed by atoms with Gasteiger partial charge in [-0.25, -0.2) is 4.39 Å². The molecule has 0 spiro atoms. The van der Waals surface area contributed by atoms with Crippen LogP contribution < -0.4 is 10.5 Å². The van der Waals surface area contributed by atoms with E-state index in [-0.39, 0.29) is 5.02 Å². The maximum absolute atomic E-state index is 13.2. The standard InChI is InChI=1S/C13H11ClFNO/c1-8-4-9(16)6-11(5-8)17-10-2-3-12(14)13(15)7-10/h2-7H,16H2,1H3. The Balaban J connectivity index is 2.28. The highest BCUT2D eigenvalue weighted by Crippen LogP contribution is 2.27. The molecule has 88 valence electrons. The molecule has 0 heterocycles. The van der Waals surface area contributed by atoms with Crippen molar-refractivity contribution in [2.75, 3.05) is 5.73 Å². The van der Waals surface area contributed by atoms with Gasteiger partial charge in [-0.05, 0) is 36.8 Å². The van der Waals surface area contributed by atoms with E-state index < -0.39 is 5.82 Å². The van der Waals surface area contributed by atoms with Gasteiger partial charge in [0.05, 0.1) is 5.02 Å². The van der Waals surface area contributed by atoms with Gasteiger partial charge in [-0.1, -0.05) is 11.6 Å². The molecule has 0 aliphatic carbocycles. The average Bonchev–Trinajstić information content (AvgIpc) is 2.22. The van der Waals surface area contributed by atoms with Crippen molar-refractivity contribution >= 4 is 17.3 Å². The first-order chi connectivity index (χ1) is 8.04. The van der Waals surface area contributed by atoms with Crippen LogP contribution in [0, 0.1) is 12.7 Å². The molecule has 2 aromatic rings. The summed E-state index contributed by atoms with van der Waals surface area (Å²) >= 11 is 5.58. The number of anilines is 1. The first-order valence-corrected chi connectivity index (χ1v) is 5.42. The average molecular weight is 252 g/mol. The van der Waals surface area contributed by atoms with E-state index in [4.69, 9.17) is 22.1 Å². The predicted octanol–water partition coefficient (Wildman–Crippen LogP) is 4.16. The van der Waals surface area contributed by atoms with Crippen molar-refractivity contribution in [2.24, 2.45) is 0 Å². The zero-order valence-corrected chi connectivity index (χ0v) is 9.96. The molecule has 17 heavy (non-hydrogen) atoms. The van der Waals surface area contributed by atoms with E-state index >= 15 is 0 Å². The molecule has 0 radical (unpaired) electrons. The van der Waals surface area contributed by atoms with Gasteiger partial charge in [-0.15, -0.1) is 0 Å². The molecule has 0 aromatic heterocycles. The maximum atomic E-state index is 13.2. The van der Waals surface area contributed by atoms with E-state index in [0.717, 1.165) is 5.56 Å². The quantitative estimate of drug-likeness (QED) is 0.814. The van der Waals surface area contributed by atoms with Crippen LogP contribution in [0.15, 0.2) is 36.4 Å². The Morgan fingerprint density at radius 1 is 1.12 bits per heavy atom. The van der Waals surface area contributed by atoms with Crippen molar-refractivity contribution in [1.29, 1.82) is 0 Å². The van der Waals surface area contributed by atoms with E-state index in [1.165, 1.54) is 12.1 Å². The molecular formula is C13H11ClFNO. The van der Waals surface area contributed by atoms with Crippen LogP contribution in [0.3, 0.4) is 0 Å². The molecular weight excluding hydrogens is 241 g/mol. The second-order valence-corrected chi connectivity index (χ2v) is 4.16. The van der Waals surface area contributed by atoms with E-state index in [0.29, 0.717) is 17.2 Å². The third-order valence-electron chi connectivity index (χ3n) is 2.20. The molecule has 2 rings (SSSR count). The second-order valence-electron chi connectivity index (χ2n) is 3.76. The molecule has 0 saturated carbocycles. The number of halogens is 2. The first-order valence-electron chi connectivity index (χ1n) is 5.04. The van der Waals surface area contributed by atoms with E-state index in [1.807, 2.05) is 19.1 Å². The monoisotopic (exact) mass is 251 g/mol. The Kier molecular flexibility index (Phi) is 3.20. The number of rotatable bonds is 2. The zero-order valence-electron chi connectivity index (χ0n) is 9.21. The summed E-state index contributed by atoms with van der Waals surface area (Å²) < 4.78 is 18.7. The van der Waals surface area contributed by atoms with Crippen LogP contribution in [0.25, 0.3) is 0 Å². The molecule has 0 aliphatic heterocycles. The summed E-state index contributed by atoms with van der Waals surface area (Å²) in [5.41, 5.74) is 7.28. The van der Waals surface area contributed by atoms with Gasteiger partial charge in [0.25, 0.3) is 0 Å². The van der Waals surface area contributed by atoms with Crippen molar-refractivity contribution in [3.05, 3.63) is 52.8 Å². The lowest BCUT2D eigenvalue weighted by Crippen LogP contribution is -1.90. The minimum Gasteiger partial charge on any atom is -0.457 e. The molecule has 0 bridgehead atoms. The SMILES string of the molecule is Cc1cc(N)cc(Oc2ccc(Cl)c(F)c2)c1. The fourth-order valence-corrected chi connectivity index (χ4v) is 1.63. The van der Waals surface area contributed by atoms with Crippen molar-refractivity contribution in [1.82, 2.24) is 0 Å². The molecule has 0 amide bonds. The van der Waals surface area contributed by atoms with Crippen LogP contribution in [0.2, 0.25) is 5.02 Å².